The van der Waals surface area contributed by atoms with Crippen molar-refractivity contribution in [2.45, 2.75) is 5.41 Å². The van der Waals surface area contributed by atoms with E-state index < -0.39 is 5.41 Å². The molecule has 0 fully saturated rings. The first-order valence-electron chi connectivity index (χ1n) is 21.5. The monoisotopic (exact) mass is 801 g/mol. The summed E-state index contributed by atoms with van der Waals surface area (Å²) < 4.78 is 0. The summed E-state index contributed by atoms with van der Waals surface area (Å²) in [6, 6.07) is 84.5. The van der Waals surface area contributed by atoms with E-state index in [0.29, 0.717) is 5.82 Å². The lowest BCUT2D eigenvalue weighted by atomic mass is 9.67. The fourth-order valence-electron chi connectivity index (χ4n) is 9.91. The Morgan fingerprint density at radius 3 is 1.48 bits per heavy atom. The zero-order valence-corrected chi connectivity index (χ0v) is 34.4. The second-order valence-electron chi connectivity index (χ2n) is 16.3. The van der Waals surface area contributed by atoms with Gasteiger partial charge in [0.05, 0.1) is 28.0 Å². The second-order valence-corrected chi connectivity index (χ2v) is 16.3. The first kappa shape index (κ1) is 36.6. The van der Waals surface area contributed by atoms with Crippen molar-refractivity contribution in [3.8, 4) is 67.4 Å². The molecule has 0 aliphatic heterocycles. The van der Waals surface area contributed by atoms with Crippen LogP contribution in [0.3, 0.4) is 0 Å². The van der Waals surface area contributed by atoms with E-state index in [1.165, 1.54) is 49.9 Å². The topological polar surface area (TPSA) is 38.7 Å². The maximum Gasteiger partial charge on any atom is 0.160 e. The minimum Gasteiger partial charge on any atom is -0.247 e. The van der Waals surface area contributed by atoms with Gasteiger partial charge in [-0.3, -0.25) is 0 Å². The molecule has 0 unspecified atom stereocenters. The Morgan fingerprint density at radius 2 is 0.810 bits per heavy atom. The Morgan fingerprint density at radius 1 is 0.317 bits per heavy atom. The molecule has 1 aliphatic carbocycles. The molecule has 63 heavy (non-hydrogen) atoms. The third-order valence-corrected chi connectivity index (χ3v) is 12.8. The van der Waals surface area contributed by atoms with E-state index in [2.05, 4.69) is 224 Å². The molecular formula is C60H39N3. The summed E-state index contributed by atoms with van der Waals surface area (Å²) in [5.41, 5.74) is 17.1. The number of para-hydroxylation sites is 1. The average Bonchev–Trinajstić information content (AvgIpc) is 3.68. The van der Waals surface area contributed by atoms with Gasteiger partial charge in [0.1, 0.15) is 0 Å². The van der Waals surface area contributed by atoms with E-state index in [1.54, 1.807) is 0 Å². The van der Waals surface area contributed by atoms with Crippen molar-refractivity contribution < 1.29 is 0 Å². The van der Waals surface area contributed by atoms with Crippen molar-refractivity contribution in [1.82, 2.24) is 15.0 Å². The SMILES string of the molecule is c1ccc(-c2ccc(-c3cc(-c4ccccc4)nc(-c4ccc(-c5nc6ccccc6c6ccc7c(c56)-c5ccccc5C7(c5ccccc5)c5ccccc5)cc4)n3)cc2)cc1. The second kappa shape index (κ2) is 15.0. The third-order valence-electron chi connectivity index (χ3n) is 12.8. The molecule has 0 N–H and O–H groups in total. The first-order chi connectivity index (χ1) is 31.2. The molecule has 2 heterocycles. The normalized spacial score (nSPS) is 12.6. The van der Waals surface area contributed by atoms with Gasteiger partial charge in [0.15, 0.2) is 5.82 Å². The van der Waals surface area contributed by atoms with Crippen LogP contribution < -0.4 is 0 Å². The van der Waals surface area contributed by atoms with E-state index >= 15 is 0 Å². The van der Waals surface area contributed by atoms with Gasteiger partial charge in [-0.1, -0.05) is 224 Å². The molecule has 3 heteroatoms. The summed E-state index contributed by atoms with van der Waals surface area (Å²) in [5, 5.41) is 3.48. The Bertz CT molecular complexity index is 3420. The molecule has 11 aromatic rings. The number of pyridine rings is 1. The predicted molar refractivity (Wildman–Crippen MR) is 259 cm³/mol. The van der Waals surface area contributed by atoms with E-state index in [4.69, 9.17) is 15.0 Å². The maximum atomic E-state index is 5.52. The predicted octanol–water partition coefficient (Wildman–Crippen LogP) is 14.9. The summed E-state index contributed by atoms with van der Waals surface area (Å²) in [4.78, 5) is 15.9. The maximum absolute atomic E-state index is 5.52. The molecular weight excluding hydrogens is 763 g/mol. The molecule has 0 atom stereocenters. The summed E-state index contributed by atoms with van der Waals surface area (Å²) >= 11 is 0. The van der Waals surface area contributed by atoms with Crippen molar-refractivity contribution in [3.05, 3.63) is 259 Å². The van der Waals surface area contributed by atoms with Gasteiger partial charge in [0.2, 0.25) is 0 Å². The third kappa shape index (κ3) is 6.01. The zero-order valence-electron chi connectivity index (χ0n) is 34.4. The van der Waals surface area contributed by atoms with Crippen molar-refractivity contribution in [3.63, 3.8) is 0 Å². The summed E-state index contributed by atoms with van der Waals surface area (Å²) in [6.07, 6.45) is 0. The fraction of sp³-hybridized carbons (Fsp3) is 0.0167. The Kier molecular flexibility index (Phi) is 8.72. The number of hydrogen-bond acceptors (Lipinski definition) is 3. The highest BCUT2D eigenvalue weighted by Gasteiger charge is 2.47. The fourth-order valence-corrected chi connectivity index (χ4v) is 9.91. The molecule has 0 saturated heterocycles. The number of rotatable bonds is 7. The minimum absolute atomic E-state index is 0.518. The number of fused-ring (bicyclic) bond motifs is 7. The smallest absolute Gasteiger partial charge is 0.160 e. The highest BCUT2D eigenvalue weighted by molar-refractivity contribution is 6.18. The molecule has 3 nitrogen and oxygen atoms in total. The largest absolute Gasteiger partial charge is 0.247 e. The number of benzene rings is 9. The summed E-state index contributed by atoms with van der Waals surface area (Å²) in [6.45, 7) is 0. The van der Waals surface area contributed by atoms with E-state index in [1.807, 2.05) is 12.1 Å². The van der Waals surface area contributed by atoms with Crippen LogP contribution in [0, 0.1) is 0 Å². The molecule has 12 rings (SSSR count). The zero-order chi connectivity index (χ0) is 41.7. The van der Waals surface area contributed by atoms with Crippen LogP contribution in [0.2, 0.25) is 0 Å². The molecule has 2 aromatic heterocycles. The van der Waals surface area contributed by atoms with Gasteiger partial charge in [-0.25, -0.2) is 15.0 Å². The molecule has 1 aliphatic rings. The van der Waals surface area contributed by atoms with Gasteiger partial charge in [-0.15, -0.1) is 0 Å². The van der Waals surface area contributed by atoms with Crippen LogP contribution in [-0.4, -0.2) is 15.0 Å². The van der Waals surface area contributed by atoms with Crippen molar-refractivity contribution in [1.29, 1.82) is 0 Å². The van der Waals surface area contributed by atoms with E-state index in [0.717, 1.165) is 55.6 Å². The molecule has 0 radical (unpaired) electrons. The standard InChI is InChI=1S/C60H39N3/c1-5-17-40(18-6-1)41-29-31-43(32-30-41)55-39-54(42-19-7-2-8-20-42)62-59(63-55)45-35-33-44(34-36-45)58-57-49(48-25-14-16-28-53(48)61-58)37-38-52-56(57)50-26-13-15-27-51(50)60(52,46-21-9-3-10-22-46)47-23-11-4-12-24-47/h1-39H. The van der Waals surface area contributed by atoms with Gasteiger partial charge in [-0.2, -0.15) is 0 Å². The van der Waals surface area contributed by atoms with Gasteiger partial charge in [0, 0.05) is 33.0 Å². The van der Waals surface area contributed by atoms with Crippen LogP contribution in [-0.2, 0) is 5.41 Å². The number of hydrogen-bond donors (Lipinski definition) is 0. The quantitative estimate of drug-likeness (QED) is 0.151. The Balaban J connectivity index is 1.05. The van der Waals surface area contributed by atoms with Gasteiger partial charge in [0.25, 0.3) is 0 Å². The molecule has 0 spiro atoms. The Labute approximate surface area is 366 Å². The van der Waals surface area contributed by atoms with Crippen LogP contribution in [0.25, 0.3) is 89.1 Å². The highest BCUT2D eigenvalue weighted by atomic mass is 14.9. The molecule has 0 bridgehead atoms. The number of nitrogens with zero attached hydrogens (tertiary/aromatic N) is 3. The van der Waals surface area contributed by atoms with Crippen LogP contribution in [0.4, 0.5) is 0 Å². The summed E-state index contributed by atoms with van der Waals surface area (Å²) in [5.74, 6) is 0.673. The van der Waals surface area contributed by atoms with E-state index in [-0.39, 0.29) is 0 Å². The van der Waals surface area contributed by atoms with Crippen molar-refractivity contribution in [2.75, 3.05) is 0 Å². The van der Waals surface area contributed by atoms with Crippen LogP contribution in [0.1, 0.15) is 22.3 Å². The van der Waals surface area contributed by atoms with Gasteiger partial charge >= 0.3 is 0 Å². The van der Waals surface area contributed by atoms with Crippen LogP contribution in [0.5, 0.6) is 0 Å². The molecule has 0 saturated carbocycles. The lowest BCUT2D eigenvalue weighted by Crippen LogP contribution is -2.28. The van der Waals surface area contributed by atoms with Gasteiger partial charge < -0.3 is 0 Å². The van der Waals surface area contributed by atoms with E-state index in [9.17, 15) is 0 Å². The van der Waals surface area contributed by atoms with Crippen molar-refractivity contribution >= 4 is 21.7 Å². The molecule has 0 amide bonds. The molecule has 9 aromatic carbocycles. The highest BCUT2D eigenvalue weighted by Crippen LogP contribution is 2.59. The average molecular weight is 802 g/mol. The lowest BCUT2D eigenvalue weighted by Gasteiger charge is -2.34. The van der Waals surface area contributed by atoms with Gasteiger partial charge in [-0.05, 0) is 62.0 Å². The summed E-state index contributed by atoms with van der Waals surface area (Å²) in [7, 11) is 0. The minimum atomic E-state index is -0.518. The number of aromatic nitrogens is 3. The Hall–Kier alpha value is -8.27. The lowest BCUT2D eigenvalue weighted by molar-refractivity contribution is 0.769. The van der Waals surface area contributed by atoms with Crippen molar-refractivity contribution in [2.24, 2.45) is 0 Å². The van der Waals surface area contributed by atoms with Crippen LogP contribution >= 0.6 is 0 Å². The molecule has 294 valence electrons. The van der Waals surface area contributed by atoms with Crippen LogP contribution in [0.15, 0.2) is 237 Å². The first-order valence-corrected chi connectivity index (χ1v) is 21.5.